The van der Waals surface area contributed by atoms with Crippen LogP contribution in [0.2, 0.25) is 0 Å². The minimum absolute atomic E-state index is 0.234. The van der Waals surface area contributed by atoms with Crippen molar-refractivity contribution < 1.29 is 19.1 Å². The van der Waals surface area contributed by atoms with Crippen molar-refractivity contribution in [3.8, 4) is 0 Å². The molecule has 4 N–H and O–H groups in total. The molecule has 70 valence electrons. The molecule has 0 saturated carbocycles. The van der Waals surface area contributed by atoms with Crippen molar-refractivity contribution in [1.82, 2.24) is 0 Å². The van der Waals surface area contributed by atoms with Crippen LogP contribution >= 0.6 is 0 Å². The highest BCUT2D eigenvalue weighted by Crippen LogP contribution is 1.90. The first-order valence-corrected chi connectivity index (χ1v) is 3.47. The molecule has 0 atom stereocenters. The molecule has 0 unspecified atom stereocenters. The Labute approximate surface area is 69.8 Å². The Morgan fingerprint density at radius 2 is 1.25 bits per heavy atom. The molecular formula is C6H12N2O4. The molecule has 0 rings (SSSR count). The summed E-state index contributed by atoms with van der Waals surface area (Å²) in [5.41, 5.74) is 9.38. The molecule has 0 fully saturated rings. The first kappa shape index (κ1) is 10.5. The summed E-state index contributed by atoms with van der Waals surface area (Å²) < 4.78 is 8.83. The van der Waals surface area contributed by atoms with Crippen molar-refractivity contribution in [2.24, 2.45) is 11.5 Å². The Morgan fingerprint density at radius 3 is 1.50 bits per heavy atom. The highest BCUT2D eigenvalue weighted by Gasteiger charge is 1.95. The van der Waals surface area contributed by atoms with Gasteiger partial charge in [0.15, 0.2) is 0 Å². The summed E-state index contributed by atoms with van der Waals surface area (Å²) in [5.74, 6) is 0. The molecule has 0 heterocycles. The largest absolute Gasteiger partial charge is 0.450 e. The van der Waals surface area contributed by atoms with Crippen LogP contribution in [0.5, 0.6) is 0 Å². The van der Waals surface area contributed by atoms with Crippen LogP contribution in [0, 0.1) is 0 Å². The zero-order valence-corrected chi connectivity index (χ0v) is 6.62. The van der Waals surface area contributed by atoms with Gasteiger partial charge in [-0.05, 0) is 12.8 Å². The van der Waals surface area contributed by atoms with Gasteiger partial charge in [0.2, 0.25) is 0 Å². The van der Waals surface area contributed by atoms with E-state index in [-0.39, 0.29) is 13.2 Å². The van der Waals surface area contributed by atoms with Gasteiger partial charge in [-0.15, -0.1) is 0 Å². The van der Waals surface area contributed by atoms with E-state index in [1.807, 2.05) is 0 Å². The van der Waals surface area contributed by atoms with Crippen LogP contribution in [0.15, 0.2) is 0 Å². The molecule has 6 heteroatoms. The van der Waals surface area contributed by atoms with Crippen LogP contribution in [0.25, 0.3) is 0 Å². The van der Waals surface area contributed by atoms with E-state index >= 15 is 0 Å². The van der Waals surface area contributed by atoms with Gasteiger partial charge >= 0.3 is 12.2 Å². The van der Waals surface area contributed by atoms with Crippen molar-refractivity contribution >= 4 is 12.2 Å². The van der Waals surface area contributed by atoms with E-state index in [9.17, 15) is 9.59 Å². The maximum atomic E-state index is 10.0. The maximum Gasteiger partial charge on any atom is 0.404 e. The van der Waals surface area contributed by atoms with E-state index in [1.165, 1.54) is 0 Å². The van der Waals surface area contributed by atoms with Gasteiger partial charge in [-0.3, -0.25) is 0 Å². The molecule has 0 radical (unpaired) electrons. The summed E-state index contributed by atoms with van der Waals surface area (Å²) in [5, 5.41) is 0. The summed E-state index contributed by atoms with van der Waals surface area (Å²) in [6, 6.07) is 0. The Balaban J connectivity index is 3.01. The lowest BCUT2D eigenvalue weighted by Gasteiger charge is -2.01. The highest BCUT2D eigenvalue weighted by molar-refractivity contribution is 5.64. The van der Waals surface area contributed by atoms with Crippen molar-refractivity contribution in [3.63, 3.8) is 0 Å². The third kappa shape index (κ3) is 8.54. The number of unbranched alkanes of at least 4 members (excludes halogenated alkanes) is 1. The van der Waals surface area contributed by atoms with E-state index < -0.39 is 12.2 Å². The lowest BCUT2D eigenvalue weighted by molar-refractivity contribution is 0.138. The fraction of sp³-hybridized carbons (Fsp3) is 0.667. The zero-order valence-electron chi connectivity index (χ0n) is 6.62. The van der Waals surface area contributed by atoms with Gasteiger partial charge in [0, 0.05) is 0 Å². The average Bonchev–Trinajstić information content (AvgIpc) is 1.95. The molecule has 0 aromatic carbocycles. The smallest absolute Gasteiger partial charge is 0.404 e. The molecule has 12 heavy (non-hydrogen) atoms. The van der Waals surface area contributed by atoms with Gasteiger partial charge in [0.05, 0.1) is 13.2 Å². The number of nitrogens with two attached hydrogens (primary N) is 2. The van der Waals surface area contributed by atoms with Gasteiger partial charge in [0.25, 0.3) is 0 Å². The van der Waals surface area contributed by atoms with E-state index in [1.54, 1.807) is 0 Å². The lowest BCUT2D eigenvalue weighted by atomic mass is 10.3. The third-order valence-electron chi connectivity index (χ3n) is 1.03. The normalized spacial score (nSPS) is 9.00. The van der Waals surface area contributed by atoms with Gasteiger partial charge in [-0.2, -0.15) is 0 Å². The van der Waals surface area contributed by atoms with Crippen molar-refractivity contribution in [2.75, 3.05) is 13.2 Å². The number of carbonyl (C=O) groups is 2. The van der Waals surface area contributed by atoms with E-state index in [4.69, 9.17) is 0 Å². The highest BCUT2D eigenvalue weighted by atomic mass is 16.5. The van der Waals surface area contributed by atoms with E-state index in [2.05, 4.69) is 20.9 Å². The molecule has 0 aromatic rings. The fourth-order valence-electron chi connectivity index (χ4n) is 0.550. The quantitative estimate of drug-likeness (QED) is 0.573. The minimum Gasteiger partial charge on any atom is -0.450 e. The van der Waals surface area contributed by atoms with Crippen LogP contribution in [-0.2, 0) is 9.47 Å². The van der Waals surface area contributed by atoms with Crippen molar-refractivity contribution in [2.45, 2.75) is 12.8 Å². The van der Waals surface area contributed by atoms with Crippen LogP contribution in [0.1, 0.15) is 12.8 Å². The minimum atomic E-state index is -0.800. The monoisotopic (exact) mass is 176 g/mol. The Hall–Kier alpha value is -1.46. The van der Waals surface area contributed by atoms with Crippen molar-refractivity contribution in [1.29, 1.82) is 0 Å². The second-order valence-corrected chi connectivity index (χ2v) is 2.04. The zero-order chi connectivity index (χ0) is 9.40. The second kappa shape index (κ2) is 6.26. The number of hydrogen-bond acceptors (Lipinski definition) is 4. The SMILES string of the molecule is NC(=O)OCCCCOC(N)=O. The molecular weight excluding hydrogens is 164 g/mol. The first-order chi connectivity index (χ1) is 5.63. The summed E-state index contributed by atoms with van der Waals surface area (Å²) in [7, 11) is 0. The Bertz CT molecular complexity index is 142. The molecule has 0 bridgehead atoms. The lowest BCUT2D eigenvalue weighted by Crippen LogP contribution is -2.15. The first-order valence-electron chi connectivity index (χ1n) is 3.47. The number of amides is 2. The number of hydrogen-bond donors (Lipinski definition) is 2. The van der Waals surface area contributed by atoms with Crippen LogP contribution < -0.4 is 11.5 Å². The predicted molar refractivity (Wildman–Crippen MR) is 40.3 cm³/mol. The van der Waals surface area contributed by atoms with Crippen LogP contribution in [0.4, 0.5) is 9.59 Å². The molecule has 0 saturated heterocycles. The standard InChI is InChI=1S/C6H12N2O4/c7-5(9)11-3-1-2-4-12-6(8)10/h1-4H2,(H2,7,9)(H2,8,10). The molecule has 0 spiro atoms. The van der Waals surface area contributed by atoms with Gasteiger partial charge in [-0.25, -0.2) is 9.59 Å². The van der Waals surface area contributed by atoms with Gasteiger partial charge in [-0.1, -0.05) is 0 Å². The number of carbonyl (C=O) groups excluding carboxylic acids is 2. The molecule has 0 aliphatic heterocycles. The van der Waals surface area contributed by atoms with Gasteiger partial charge in [0.1, 0.15) is 0 Å². The predicted octanol–water partition coefficient (Wildman–Crippen LogP) is -0.0428. The number of primary amides is 2. The van der Waals surface area contributed by atoms with Crippen LogP contribution in [0.3, 0.4) is 0 Å². The number of rotatable bonds is 5. The van der Waals surface area contributed by atoms with Gasteiger partial charge < -0.3 is 20.9 Å². The average molecular weight is 176 g/mol. The van der Waals surface area contributed by atoms with Crippen LogP contribution in [-0.4, -0.2) is 25.4 Å². The summed E-state index contributed by atoms with van der Waals surface area (Å²) in [6.07, 6.45) is -0.413. The Kier molecular flexibility index (Phi) is 5.50. The Morgan fingerprint density at radius 1 is 0.917 bits per heavy atom. The summed E-state index contributed by atoms with van der Waals surface area (Å²) >= 11 is 0. The van der Waals surface area contributed by atoms with E-state index in [0.717, 1.165) is 0 Å². The molecule has 0 aliphatic rings. The topological polar surface area (TPSA) is 105 Å². The summed E-state index contributed by atoms with van der Waals surface area (Å²) in [6.45, 7) is 0.467. The fourth-order valence-corrected chi connectivity index (χ4v) is 0.550. The molecule has 6 nitrogen and oxygen atoms in total. The molecule has 2 amide bonds. The van der Waals surface area contributed by atoms with E-state index in [0.29, 0.717) is 12.8 Å². The number of ether oxygens (including phenoxy) is 2. The molecule has 0 aromatic heterocycles. The maximum absolute atomic E-state index is 10.0. The van der Waals surface area contributed by atoms with Crippen molar-refractivity contribution in [3.05, 3.63) is 0 Å². The molecule has 0 aliphatic carbocycles. The third-order valence-corrected chi connectivity index (χ3v) is 1.03. The second-order valence-electron chi connectivity index (χ2n) is 2.04. The summed E-state index contributed by atoms with van der Waals surface area (Å²) in [4.78, 5) is 20.1.